The number of aryl methyl sites for hydroxylation is 1. The van der Waals surface area contributed by atoms with Crippen molar-refractivity contribution in [3.8, 4) is 0 Å². The summed E-state index contributed by atoms with van der Waals surface area (Å²) in [6.45, 7) is 3.80. The van der Waals surface area contributed by atoms with E-state index in [1.54, 1.807) is 24.8 Å². The molecule has 0 atom stereocenters. The molecule has 0 fully saturated rings. The van der Waals surface area contributed by atoms with Gasteiger partial charge in [0.2, 0.25) is 5.91 Å². The molecule has 108 valence electrons. The van der Waals surface area contributed by atoms with E-state index >= 15 is 0 Å². The summed E-state index contributed by atoms with van der Waals surface area (Å²) in [5.41, 5.74) is 0.727. The normalized spacial score (nSPS) is 15.2. The average molecular weight is 278 g/mol. The summed E-state index contributed by atoms with van der Waals surface area (Å²) in [6.07, 6.45) is 1.32. The molecule has 1 amide bonds. The zero-order valence-corrected chi connectivity index (χ0v) is 11.6. The molecule has 1 N–H and O–H groups in total. The summed E-state index contributed by atoms with van der Waals surface area (Å²) >= 11 is 0. The Balaban J connectivity index is 2.27. The van der Waals surface area contributed by atoms with E-state index in [4.69, 9.17) is 0 Å². The maximum Gasteiger partial charge on any atom is 0.269 e. The predicted molar refractivity (Wildman–Crippen MR) is 74.7 cm³/mol. The van der Waals surface area contributed by atoms with Crippen molar-refractivity contribution in [3.63, 3.8) is 0 Å². The Morgan fingerprint density at radius 3 is 2.70 bits per heavy atom. The molecule has 0 radical (unpaired) electrons. The number of carbonyl (C=O) groups excluding carboxylic acids is 1. The minimum Gasteiger partial charge on any atom is -0.390 e. The zero-order chi connectivity index (χ0) is 14.9. The van der Waals surface area contributed by atoms with Crippen molar-refractivity contribution in [2.45, 2.75) is 38.7 Å². The molecule has 0 aromatic heterocycles. The number of anilines is 1. The fraction of sp³-hybridized carbons (Fsp3) is 0.500. The molecule has 6 nitrogen and oxygen atoms in total. The third-order valence-corrected chi connectivity index (χ3v) is 3.42. The topological polar surface area (TPSA) is 83.7 Å². The van der Waals surface area contributed by atoms with Crippen LogP contribution < -0.4 is 4.90 Å². The number of benzene rings is 1. The van der Waals surface area contributed by atoms with Crippen molar-refractivity contribution < 1.29 is 14.8 Å². The van der Waals surface area contributed by atoms with Crippen molar-refractivity contribution in [3.05, 3.63) is 33.9 Å². The second kappa shape index (κ2) is 5.20. The summed E-state index contributed by atoms with van der Waals surface area (Å²) in [4.78, 5) is 24.0. The highest BCUT2D eigenvalue weighted by atomic mass is 16.6. The van der Waals surface area contributed by atoms with Crippen LogP contribution >= 0.6 is 0 Å². The van der Waals surface area contributed by atoms with Gasteiger partial charge in [-0.25, -0.2) is 0 Å². The first-order valence-electron chi connectivity index (χ1n) is 6.58. The molecule has 6 heteroatoms. The van der Waals surface area contributed by atoms with E-state index < -0.39 is 10.5 Å². The number of amides is 1. The third-order valence-electron chi connectivity index (χ3n) is 3.42. The van der Waals surface area contributed by atoms with Crippen LogP contribution in [-0.4, -0.2) is 28.1 Å². The van der Waals surface area contributed by atoms with Gasteiger partial charge < -0.3 is 10.0 Å². The molecule has 1 heterocycles. The fourth-order valence-corrected chi connectivity index (χ4v) is 2.29. The van der Waals surface area contributed by atoms with E-state index in [1.807, 2.05) is 0 Å². The minimum absolute atomic E-state index is 0.00407. The van der Waals surface area contributed by atoms with Crippen LogP contribution in [0.1, 0.15) is 32.3 Å². The van der Waals surface area contributed by atoms with E-state index in [2.05, 4.69) is 0 Å². The average Bonchev–Trinajstić information content (AvgIpc) is 2.35. The quantitative estimate of drug-likeness (QED) is 0.674. The number of hydrogen-bond acceptors (Lipinski definition) is 4. The Morgan fingerprint density at radius 2 is 2.10 bits per heavy atom. The molecule has 2 rings (SSSR count). The Kier molecular flexibility index (Phi) is 3.76. The maximum absolute atomic E-state index is 12.0. The van der Waals surface area contributed by atoms with Gasteiger partial charge in [-0.05, 0) is 38.3 Å². The van der Waals surface area contributed by atoms with Crippen LogP contribution in [-0.2, 0) is 11.2 Å². The van der Waals surface area contributed by atoms with Crippen LogP contribution in [0.2, 0.25) is 0 Å². The minimum atomic E-state index is -0.849. The molecule has 1 aromatic rings. The number of aliphatic hydroxyl groups is 1. The summed E-state index contributed by atoms with van der Waals surface area (Å²) in [5.74, 6) is -0.00407. The Bertz CT molecular complexity index is 549. The summed E-state index contributed by atoms with van der Waals surface area (Å²) < 4.78 is 0. The van der Waals surface area contributed by atoms with Crippen LogP contribution in [0, 0.1) is 10.1 Å². The number of nitro benzene ring substituents is 1. The Morgan fingerprint density at radius 1 is 1.40 bits per heavy atom. The van der Waals surface area contributed by atoms with Crippen LogP contribution in [0.3, 0.4) is 0 Å². The van der Waals surface area contributed by atoms with Crippen molar-refractivity contribution in [2.24, 2.45) is 0 Å². The number of nitro groups is 1. The Labute approximate surface area is 117 Å². The lowest BCUT2D eigenvalue weighted by Crippen LogP contribution is -2.38. The maximum atomic E-state index is 12.0. The van der Waals surface area contributed by atoms with E-state index in [9.17, 15) is 20.0 Å². The summed E-state index contributed by atoms with van der Waals surface area (Å²) in [5, 5.41) is 20.6. The largest absolute Gasteiger partial charge is 0.390 e. The first-order chi connectivity index (χ1) is 9.28. The molecule has 1 aliphatic rings. The second-order valence-corrected chi connectivity index (χ2v) is 5.68. The van der Waals surface area contributed by atoms with Gasteiger partial charge >= 0.3 is 0 Å². The molecule has 0 saturated carbocycles. The molecule has 20 heavy (non-hydrogen) atoms. The standard InChI is InChI=1S/C14H18N2O4/c1-14(2,18)7-8-15-12-5-4-11(16(19)20)9-10(12)3-6-13(15)17/h4-5,9,18H,3,6-8H2,1-2H3. The van der Waals surface area contributed by atoms with Gasteiger partial charge in [-0.3, -0.25) is 14.9 Å². The molecular formula is C14H18N2O4. The lowest BCUT2D eigenvalue weighted by molar-refractivity contribution is -0.384. The van der Waals surface area contributed by atoms with Crippen molar-refractivity contribution in [1.82, 2.24) is 0 Å². The number of nitrogens with zero attached hydrogens (tertiary/aromatic N) is 2. The smallest absolute Gasteiger partial charge is 0.269 e. The van der Waals surface area contributed by atoms with E-state index in [1.165, 1.54) is 12.1 Å². The van der Waals surface area contributed by atoms with Gasteiger partial charge in [0.05, 0.1) is 10.5 Å². The monoisotopic (exact) mass is 278 g/mol. The van der Waals surface area contributed by atoms with Crippen LogP contribution in [0.25, 0.3) is 0 Å². The van der Waals surface area contributed by atoms with Crippen molar-refractivity contribution in [2.75, 3.05) is 11.4 Å². The molecule has 0 spiro atoms. The van der Waals surface area contributed by atoms with Crippen LogP contribution in [0.15, 0.2) is 18.2 Å². The number of non-ortho nitro benzene ring substituents is 1. The first kappa shape index (κ1) is 14.5. The first-order valence-corrected chi connectivity index (χ1v) is 6.58. The second-order valence-electron chi connectivity index (χ2n) is 5.68. The van der Waals surface area contributed by atoms with Gasteiger partial charge in [0.1, 0.15) is 0 Å². The lowest BCUT2D eigenvalue weighted by Gasteiger charge is -2.31. The number of carbonyl (C=O) groups is 1. The number of rotatable bonds is 4. The molecule has 0 saturated heterocycles. The summed E-state index contributed by atoms with van der Waals surface area (Å²) in [7, 11) is 0. The molecular weight excluding hydrogens is 260 g/mol. The highest BCUT2D eigenvalue weighted by Gasteiger charge is 2.27. The van der Waals surface area contributed by atoms with Gasteiger partial charge in [0.25, 0.3) is 5.69 Å². The summed E-state index contributed by atoms with van der Waals surface area (Å²) in [6, 6.07) is 4.56. The van der Waals surface area contributed by atoms with E-state index in [0.717, 1.165) is 11.3 Å². The van der Waals surface area contributed by atoms with Gasteiger partial charge in [-0.2, -0.15) is 0 Å². The van der Waals surface area contributed by atoms with Gasteiger partial charge in [0.15, 0.2) is 0 Å². The van der Waals surface area contributed by atoms with Gasteiger partial charge in [-0.15, -0.1) is 0 Å². The number of hydrogen-bond donors (Lipinski definition) is 1. The molecule has 1 aromatic carbocycles. The van der Waals surface area contributed by atoms with Gasteiger partial charge in [-0.1, -0.05) is 0 Å². The van der Waals surface area contributed by atoms with Crippen molar-refractivity contribution in [1.29, 1.82) is 0 Å². The third kappa shape index (κ3) is 3.14. The number of fused-ring (bicyclic) bond motifs is 1. The Hall–Kier alpha value is -1.95. The highest BCUT2D eigenvalue weighted by Crippen LogP contribution is 2.31. The van der Waals surface area contributed by atoms with Crippen molar-refractivity contribution >= 4 is 17.3 Å². The highest BCUT2D eigenvalue weighted by molar-refractivity contribution is 5.96. The molecule has 0 bridgehead atoms. The molecule has 0 unspecified atom stereocenters. The molecule has 1 aliphatic heterocycles. The lowest BCUT2D eigenvalue weighted by atomic mass is 9.98. The fourth-order valence-electron chi connectivity index (χ4n) is 2.29. The van der Waals surface area contributed by atoms with E-state index in [0.29, 0.717) is 25.8 Å². The van der Waals surface area contributed by atoms with Crippen LogP contribution in [0.5, 0.6) is 0 Å². The SMILES string of the molecule is CC(C)(O)CCN1C(=O)CCc2cc([N+](=O)[O-])ccc21. The molecule has 0 aliphatic carbocycles. The van der Waals surface area contributed by atoms with Gasteiger partial charge in [0, 0.05) is 30.8 Å². The van der Waals surface area contributed by atoms with Crippen LogP contribution in [0.4, 0.5) is 11.4 Å². The predicted octanol–water partition coefficient (Wildman–Crippen LogP) is 2.04. The van der Waals surface area contributed by atoms with E-state index in [-0.39, 0.29) is 11.6 Å². The zero-order valence-electron chi connectivity index (χ0n) is 11.6.